The molecule has 0 spiro atoms. The molecule has 0 atom stereocenters. The summed E-state index contributed by atoms with van der Waals surface area (Å²) in [6.07, 6.45) is 4.67. The number of rotatable bonds is 6. The summed E-state index contributed by atoms with van der Waals surface area (Å²) in [6.45, 7) is 6.84. The smallest absolute Gasteiger partial charge is 0.254 e. The Morgan fingerprint density at radius 3 is 2.32 bits per heavy atom. The van der Waals surface area contributed by atoms with E-state index < -0.39 is 5.91 Å². The first-order valence-electron chi connectivity index (χ1n) is 10.7. The van der Waals surface area contributed by atoms with Gasteiger partial charge in [0.15, 0.2) is 0 Å². The van der Waals surface area contributed by atoms with Crippen molar-refractivity contribution < 1.29 is 9.59 Å². The van der Waals surface area contributed by atoms with Crippen LogP contribution in [0.15, 0.2) is 30.5 Å². The molecule has 1 aromatic carbocycles. The number of benzene rings is 1. The van der Waals surface area contributed by atoms with Crippen LogP contribution in [0.1, 0.15) is 43.5 Å². The van der Waals surface area contributed by atoms with Crippen molar-refractivity contribution in [2.45, 2.75) is 38.6 Å². The molecule has 1 aliphatic carbocycles. The van der Waals surface area contributed by atoms with Crippen molar-refractivity contribution in [3.63, 3.8) is 0 Å². The van der Waals surface area contributed by atoms with Gasteiger partial charge in [0.1, 0.15) is 5.82 Å². The van der Waals surface area contributed by atoms with Crippen LogP contribution in [0, 0.1) is 0 Å². The summed E-state index contributed by atoms with van der Waals surface area (Å²) < 4.78 is 0. The highest BCUT2D eigenvalue weighted by molar-refractivity contribution is 5.97. The van der Waals surface area contributed by atoms with Gasteiger partial charge < -0.3 is 26.2 Å². The molecule has 2 aliphatic rings. The fourth-order valence-corrected chi connectivity index (χ4v) is 4.00. The van der Waals surface area contributed by atoms with Gasteiger partial charge in [0, 0.05) is 56.2 Å². The minimum Gasteiger partial charge on any atom is -0.368 e. The largest absolute Gasteiger partial charge is 0.368 e. The number of nitrogens with one attached hydrogen (secondary N) is 2. The Labute approximate surface area is 182 Å². The van der Waals surface area contributed by atoms with E-state index in [0.29, 0.717) is 17.3 Å². The molecule has 0 bridgehead atoms. The van der Waals surface area contributed by atoms with Crippen molar-refractivity contribution in [3.05, 3.63) is 36.0 Å². The molecule has 0 unspecified atom stereocenters. The zero-order valence-electron chi connectivity index (χ0n) is 18.0. The van der Waals surface area contributed by atoms with Gasteiger partial charge in [-0.1, -0.05) is 0 Å². The fourth-order valence-electron chi connectivity index (χ4n) is 4.00. The molecule has 4 rings (SSSR count). The van der Waals surface area contributed by atoms with Crippen molar-refractivity contribution in [2.24, 2.45) is 5.73 Å². The van der Waals surface area contributed by atoms with Gasteiger partial charge >= 0.3 is 0 Å². The normalized spacial score (nSPS) is 17.6. The molecule has 1 saturated heterocycles. The van der Waals surface area contributed by atoms with E-state index >= 15 is 0 Å². The Bertz CT molecular complexity index is 964. The lowest BCUT2D eigenvalue weighted by Crippen LogP contribution is -2.48. The zero-order valence-corrected chi connectivity index (χ0v) is 18.0. The maximum atomic E-state index is 11.8. The second-order valence-electron chi connectivity index (χ2n) is 8.52. The van der Waals surface area contributed by atoms with Gasteiger partial charge in [-0.15, -0.1) is 0 Å². The second kappa shape index (κ2) is 8.41. The summed E-state index contributed by atoms with van der Waals surface area (Å²) in [4.78, 5) is 36.2. The molecule has 9 nitrogen and oxygen atoms in total. The molecule has 9 heteroatoms. The van der Waals surface area contributed by atoms with Crippen LogP contribution < -0.4 is 21.3 Å². The van der Waals surface area contributed by atoms with Crippen LogP contribution in [0.5, 0.6) is 0 Å². The molecule has 1 aromatic heterocycles. The van der Waals surface area contributed by atoms with Gasteiger partial charge in [0.05, 0.1) is 5.56 Å². The predicted molar refractivity (Wildman–Crippen MR) is 121 cm³/mol. The third-order valence-electron chi connectivity index (χ3n) is 6.15. The number of anilines is 4. The topological polar surface area (TPSA) is 116 Å². The maximum Gasteiger partial charge on any atom is 0.254 e. The number of nitrogens with two attached hydrogens (primary N) is 1. The summed E-state index contributed by atoms with van der Waals surface area (Å²) in [7, 11) is 0. The molecular formula is C22H29N7O2. The number of nitrogens with zero attached hydrogens (tertiary/aromatic N) is 4. The lowest BCUT2D eigenvalue weighted by Gasteiger charge is -2.39. The van der Waals surface area contributed by atoms with E-state index in [2.05, 4.69) is 32.4 Å². The summed E-state index contributed by atoms with van der Waals surface area (Å²) in [5, 5.41) is 6.57. The van der Waals surface area contributed by atoms with E-state index in [-0.39, 0.29) is 11.4 Å². The molecule has 164 valence electrons. The van der Waals surface area contributed by atoms with Crippen LogP contribution in [0.25, 0.3) is 0 Å². The quantitative estimate of drug-likeness (QED) is 0.653. The van der Waals surface area contributed by atoms with Crippen LogP contribution in [-0.4, -0.2) is 58.4 Å². The number of hydrogen-bond donors (Lipinski definition) is 3. The van der Waals surface area contributed by atoms with Gasteiger partial charge in [0.2, 0.25) is 11.9 Å². The predicted octanol–water partition coefficient (Wildman–Crippen LogP) is 2.34. The van der Waals surface area contributed by atoms with Crippen LogP contribution in [0.2, 0.25) is 0 Å². The number of amides is 2. The highest BCUT2D eigenvalue weighted by Gasteiger charge is 2.33. The van der Waals surface area contributed by atoms with Gasteiger partial charge in [-0.05, 0) is 50.5 Å². The molecule has 1 saturated carbocycles. The van der Waals surface area contributed by atoms with Crippen LogP contribution in [-0.2, 0) is 4.79 Å². The van der Waals surface area contributed by atoms with Crippen LogP contribution in [0.4, 0.5) is 23.1 Å². The van der Waals surface area contributed by atoms with Crippen molar-refractivity contribution in [1.82, 2.24) is 14.9 Å². The van der Waals surface area contributed by atoms with E-state index in [1.807, 2.05) is 29.2 Å². The van der Waals surface area contributed by atoms with Gasteiger partial charge in [-0.3, -0.25) is 9.59 Å². The third kappa shape index (κ3) is 4.70. The summed E-state index contributed by atoms with van der Waals surface area (Å²) in [6, 6.07) is 8.02. The standard InChI is InChI=1S/C22H29N7O2/c1-15(30)28-10-12-29(13-11-28)17-6-4-16(5-7-17)25-21-24-14-18(19(23)31)20(26-21)27-22(2)8-3-9-22/h4-7,14H,3,8-13H2,1-2H3,(H2,23,31)(H2,24,25,26,27). The van der Waals surface area contributed by atoms with E-state index in [0.717, 1.165) is 56.8 Å². The first kappa shape index (κ1) is 20.9. The Kier molecular flexibility index (Phi) is 5.67. The second-order valence-corrected chi connectivity index (χ2v) is 8.52. The Morgan fingerprint density at radius 1 is 1.10 bits per heavy atom. The van der Waals surface area contributed by atoms with Gasteiger partial charge in [-0.25, -0.2) is 4.98 Å². The fraction of sp³-hybridized carbons (Fsp3) is 0.455. The maximum absolute atomic E-state index is 11.8. The molecule has 2 amide bonds. The molecule has 4 N–H and O–H groups in total. The third-order valence-corrected chi connectivity index (χ3v) is 6.15. The first-order valence-corrected chi connectivity index (χ1v) is 10.7. The minimum atomic E-state index is -0.550. The average molecular weight is 424 g/mol. The molecule has 1 aliphatic heterocycles. The first-order chi connectivity index (χ1) is 14.8. The summed E-state index contributed by atoms with van der Waals surface area (Å²) in [5.41, 5.74) is 7.68. The number of aromatic nitrogens is 2. The minimum absolute atomic E-state index is 0.0656. The van der Waals surface area contributed by atoms with Gasteiger partial charge in [0.25, 0.3) is 5.91 Å². The van der Waals surface area contributed by atoms with Gasteiger partial charge in [-0.2, -0.15) is 4.98 Å². The SMILES string of the molecule is CC(=O)N1CCN(c2ccc(Nc3ncc(C(N)=O)c(NC4(C)CCC4)n3)cc2)CC1. The van der Waals surface area contributed by atoms with Crippen LogP contribution in [0.3, 0.4) is 0 Å². The molecule has 0 radical (unpaired) electrons. The van der Waals surface area contributed by atoms with Crippen molar-refractivity contribution in [2.75, 3.05) is 41.7 Å². The van der Waals surface area contributed by atoms with E-state index in [9.17, 15) is 9.59 Å². The molecule has 2 fully saturated rings. The highest BCUT2D eigenvalue weighted by atomic mass is 16.2. The number of carbonyl (C=O) groups excluding carboxylic acids is 2. The van der Waals surface area contributed by atoms with E-state index in [1.165, 1.54) is 6.20 Å². The number of primary amides is 1. The monoisotopic (exact) mass is 423 g/mol. The average Bonchev–Trinajstić information content (AvgIpc) is 2.73. The molecule has 2 heterocycles. The number of hydrogen-bond acceptors (Lipinski definition) is 7. The lowest BCUT2D eigenvalue weighted by molar-refractivity contribution is -0.129. The summed E-state index contributed by atoms with van der Waals surface area (Å²) in [5.74, 6) is 0.443. The van der Waals surface area contributed by atoms with Crippen molar-refractivity contribution in [3.8, 4) is 0 Å². The Morgan fingerprint density at radius 2 is 1.77 bits per heavy atom. The van der Waals surface area contributed by atoms with E-state index in [1.54, 1.807) is 6.92 Å². The lowest BCUT2D eigenvalue weighted by atomic mass is 9.78. The molecular weight excluding hydrogens is 394 g/mol. The van der Waals surface area contributed by atoms with E-state index in [4.69, 9.17) is 5.73 Å². The van der Waals surface area contributed by atoms with Crippen LogP contribution >= 0.6 is 0 Å². The van der Waals surface area contributed by atoms with Crippen molar-refractivity contribution in [1.29, 1.82) is 0 Å². The Balaban J connectivity index is 1.44. The number of piperazine rings is 1. The summed E-state index contributed by atoms with van der Waals surface area (Å²) >= 11 is 0. The zero-order chi connectivity index (χ0) is 22.0. The molecule has 31 heavy (non-hydrogen) atoms. The highest BCUT2D eigenvalue weighted by Crippen LogP contribution is 2.35. The molecule has 2 aromatic rings. The number of carbonyl (C=O) groups is 2. The van der Waals surface area contributed by atoms with Crippen molar-refractivity contribution >= 4 is 35.0 Å². The Hall–Kier alpha value is -3.36.